The Balaban J connectivity index is 1.69. The van der Waals surface area contributed by atoms with E-state index >= 15 is 0 Å². The van der Waals surface area contributed by atoms with E-state index < -0.39 is 15.9 Å². The van der Waals surface area contributed by atoms with Crippen molar-refractivity contribution in [3.05, 3.63) is 60.4 Å². The normalized spacial score (nSPS) is 14.2. The molecule has 0 saturated carbocycles. The third kappa shape index (κ3) is 4.40. The van der Waals surface area contributed by atoms with Gasteiger partial charge in [0, 0.05) is 5.69 Å². The van der Waals surface area contributed by atoms with Crippen LogP contribution in [0.15, 0.2) is 64.0 Å². The van der Waals surface area contributed by atoms with E-state index in [4.69, 9.17) is 13.9 Å². The van der Waals surface area contributed by atoms with Gasteiger partial charge in [0.25, 0.3) is 5.91 Å². The summed E-state index contributed by atoms with van der Waals surface area (Å²) >= 11 is 0. The van der Waals surface area contributed by atoms with E-state index in [1.165, 1.54) is 30.7 Å². The number of amides is 1. The molecule has 1 aliphatic heterocycles. The molecule has 1 amide bonds. The van der Waals surface area contributed by atoms with Gasteiger partial charge in [0.05, 0.1) is 17.7 Å². The first kappa shape index (κ1) is 17.1. The van der Waals surface area contributed by atoms with Crippen molar-refractivity contribution in [2.24, 2.45) is 0 Å². The van der Waals surface area contributed by atoms with Crippen LogP contribution in [-0.2, 0) is 30.8 Å². The summed E-state index contributed by atoms with van der Waals surface area (Å²) in [6.45, 7) is 0.695. The zero-order chi connectivity index (χ0) is 17.7. The van der Waals surface area contributed by atoms with Crippen LogP contribution in [0.5, 0.6) is 0 Å². The van der Waals surface area contributed by atoms with Crippen LogP contribution >= 0.6 is 0 Å². The molecule has 2 heterocycles. The first-order valence-corrected chi connectivity index (χ1v) is 8.91. The van der Waals surface area contributed by atoms with Gasteiger partial charge in [-0.1, -0.05) is 6.07 Å². The van der Waals surface area contributed by atoms with Gasteiger partial charge in [0.1, 0.15) is 25.2 Å². The quantitative estimate of drug-likeness (QED) is 0.806. The number of furan rings is 1. The number of hydrogen-bond donors (Lipinski definition) is 2. The third-order valence-electron chi connectivity index (χ3n) is 3.29. The highest BCUT2D eigenvalue weighted by Crippen LogP contribution is 2.17. The number of sulfonamides is 1. The van der Waals surface area contributed by atoms with Crippen LogP contribution in [0, 0.1) is 0 Å². The summed E-state index contributed by atoms with van der Waals surface area (Å²) < 4.78 is 42.4. The van der Waals surface area contributed by atoms with Crippen LogP contribution in [0.4, 0.5) is 5.69 Å². The predicted molar refractivity (Wildman–Crippen MR) is 87.8 cm³/mol. The summed E-state index contributed by atoms with van der Waals surface area (Å²) in [6.07, 6.45) is 2.69. The molecular formula is C16H16N2O6S. The van der Waals surface area contributed by atoms with E-state index in [0.717, 1.165) is 0 Å². The second-order valence-electron chi connectivity index (χ2n) is 5.09. The van der Waals surface area contributed by atoms with Crippen LogP contribution in [0.25, 0.3) is 0 Å². The number of carbonyl (C=O) groups is 1. The lowest BCUT2D eigenvalue weighted by Crippen LogP contribution is -2.24. The van der Waals surface area contributed by atoms with Crippen molar-refractivity contribution < 1.29 is 27.1 Å². The zero-order valence-electron chi connectivity index (χ0n) is 13.1. The smallest absolute Gasteiger partial charge is 0.294 e. The number of benzene rings is 1. The summed E-state index contributed by atoms with van der Waals surface area (Å²) in [5.74, 6) is 0.0164. The summed E-state index contributed by atoms with van der Waals surface area (Å²) in [4.78, 5) is 12.1. The largest absolute Gasteiger partial charge is 0.494 e. The Labute approximate surface area is 144 Å². The third-order valence-corrected chi connectivity index (χ3v) is 4.69. The fourth-order valence-corrected chi connectivity index (χ4v) is 3.12. The molecule has 0 saturated heterocycles. The molecule has 8 nitrogen and oxygen atoms in total. The van der Waals surface area contributed by atoms with Crippen molar-refractivity contribution >= 4 is 21.6 Å². The molecule has 2 N–H and O–H groups in total. The minimum absolute atomic E-state index is 0.0200. The topological polar surface area (TPSA) is 107 Å². The van der Waals surface area contributed by atoms with E-state index in [9.17, 15) is 13.2 Å². The number of ether oxygens (including phenoxy) is 2. The highest BCUT2D eigenvalue weighted by atomic mass is 32.2. The Kier molecular flexibility index (Phi) is 5.05. The average Bonchev–Trinajstić information content (AvgIpc) is 3.15. The summed E-state index contributed by atoms with van der Waals surface area (Å²) in [5.41, 5.74) is 0.320. The minimum atomic E-state index is -3.75. The molecule has 0 fully saturated rings. The second kappa shape index (κ2) is 7.41. The molecule has 9 heteroatoms. The Morgan fingerprint density at radius 1 is 1.16 bits per heavy atom. The molecule has 0 radical (unpaired) electrons. The predicted octanol–water partition coefficient (Wildman–Crippen LogP) is 1.58. The Hall–Kier alpha value is -2.78. The second-order valence-corrected chi connectivity index (χ2v) is 6.85. The van der Waals surface area contributed by atoms with Crippen molar-refractivity contribution in [3.63, 3.8) is 0 Å². The van der Waals surface area contributed by atoms with Gasteiger partial charge in [-0.05, 0) is 30.3 Å². The molecule has 1 aromatic carbocycles. The van der Waals surface area contributed by atoms with Crippen molar-refractivity contribution in [2.45, 2.75) is 11.4 Å². The van der Waals surface area contributed by atoms with Crippen LogP contribution in [0.3, 0.4) is 0 Å². The number of hydrogen-bond acceptors (Lipinski definition) is 6. The molecule has 0 atom stereocenters. The molecule has 1 aliphatic rings. The fraction of sp³-hybridized carbons (Fsp3) is 0.188. The molecule has 0 aliphatic carbocycles. The lowest BCUT2D eigenvalue weighted by molar-refractivity contribution is -0.117. The van der Waals surface area contributed by atoms with Gasteiger partial charge in [0.2, 0.25) is 15.8 Å². The number of nitrogens with one attached hydrogen (secondary N) is 2. The maximum Gasteiger partial charge on any atom is 0.294 e. The average molecular weight is 364 g/mol. The molecule has 1 aromatic heterocycles. The maximum absolute atomic E-state index is 12.3. The molecule has 3 rings (SSSR count). The summed E-state index contributed by atoms with van der Waals surface area (Å²) in [6, 6.07) is 9.23. The van der Waals surface area contributed by atoms with Crippen molar-refractivity contribution in [3.8, 4) is 0 Å². The fourth-order valence-electron chi connectivity index (χ4n) is 2.08. The Morgan fingerprint density at radius 2 is 2.04 bits per heavy atom. The number of anilines is 1. The Bertz CT molecular complexity index is 874. The molecule has 2 aromatic rings. The van der Waals surface area contributed by atoms with E-state index in [1.807, 2.05) is 0 Å². The standard InChI is InChI=1S/C16H16N2O6S/c19-16(15-11-22-7-8-24-15)18-12-3-1-5-14(9-12)25(20,21)17-10-13-4-2-6-23-13/h1-6,9,11,17H,7-8,10H2,(H,18,19). The monoisotopic (exact) mass is 364 g/mol. The molecule has 0 unspecified atom stereocenters. The number of rotatable bonds is 6. The van der Waals surface area contributed by atoms with Crippen molar-refractivity contribution in [2.75, 3.05) is 18.5 Å². The maximum atomic E-state index is 12.3. The highest BCUT2D eigenvalue weighted by Gasteiger charge is 2.18. The van der Waals surface area contributed by atoms with Gasteiger partial charge >= 0.3 is 0 Å². The van der Waals surface area contributed by atoms with Gasteiger partial charge in [-0.3, -0.25) is 4.79 Å². The first-order chi connectivity index (χ1) is 12.0. The van der Waals surface area contributed by atoms with Gasteiger partial charge in [-0.2, -0.15) is 0 Å². The SMILES string of the molecule is O=C(Nc1cccc(S(=O)(=O)NCc2ccco2)c1)C1=COCCO1. The van der Waals surface area contributed by atoms with Crippen molar-refractivity contribution in [1.82, 2.24) is 4.72 Å². The van der Waals surface area contributed by atoms with Gasteiger partial charge in [-0.15, -0.1) is 0 Å². The summed E-state index contributed by atoms with van der Waals surface area (Å²) in [7, 11) is -3.75. The van der Waals surface area contributed by atoms with Gasteiger partial charge in [-0.25, -0.2) is 13.1 Å². The van der Waals surface area contributed by atoms with E-state index in [-0.39, 0.29) is 23.8 Å². The molecule has 0 spiro atoms. The van der Waals surface area contributed by atoms with Crippen LogP contribution in [0.2, 0.25) is 0 Å². The molecule has 132 valence electrons. The summed E-state index contributed by atoms with van der Waals surface area (Å²) in [5, 5.41) is 2.57. The Morgan fingerprint density at radius 3 is 2.76 bits per heavy atom. The first-order valence-electron chi connectivity index (χ1n) is 7.43. The van der Waals surface area contributed by atoms with Gasteiger partial charge < -0.3 is 19.2 Å². The highest BCUT2D eigenvalue weighted by molar-refractivity contribution is 7.89. The van der Waals surface area contributed by atoms with Crippen molar-refractivity contribution in [1.29, 1.82) is 0 Å². The zero-order valence-corrected chi connectivity index (χ0v) is 13.9. The van der Waals surface area contributed by atoms with E-state index in [1.54, 1.807) is 18.2 Å². The lowest BCUT2D eigenvalue weighted by atomic mass is 10.3. The molecule has 25 heavy (non-hydrogen) atoms. The molecular weight excluding hydrogens is 348 g/mol. The van der Waals surface area contributed by atoms with Gasteiger partial charge in [0.15, 0.2) is 0 Å². The van der Waals surface area contributed by atoms with E-state index in [2.05, 4.69) is 10.0 Å². The van der Waals surface area contributed by atoms with Crippen LogP contribution < -0.4 is 10.0 Å². The van der Waals surface area contributed by atoms with Crippen LogP contribution in [0.1, 0.15) is 5.76 Å². The molecule has 0 bridgehead atoms. The van der Waals surface area contributed by atoms with Crippen LogP contribution in [-0.4, -0.2) is 27.5 Å². The lowest BCUT2D eigenvalue weighted by Gasteiger charge is -2.15. The van der Waals surface area contributed by atoms with E-state index in [0.29, 0.717) is 18.1 Å². The minimum Gasteiger partial charge on any atom is -0.494 e. The number of carbonyl (C=O) groups excluding carboxylic acids is 1.